The summed E-state index contributed by atoms with van der Waals surface area (Å²) < 4.78 is 2.38. The van der Waals surface area contributed by atoms with Gasteiger partial charge < -0.3 is 4.57 Å². The Kier molecular flexibility index (Phi) is 2.86. The maximum absolute atomic E-state index is 4.52. The molecule has 1 atom stereocenters. The molecule has 1 aromatic carbocycles. The molecular weight excluding hydrogens is 232 g/mol. The van der Waals surface area contributed by atoms with Crippen molar-refractivity contribution in [2.24, 2.45) is 0 Å². The van der Waals surface area contributed by atoms with Gasteiger partial charge in [0.15, 0.2) is 0 Å². The van der Waals surface area contributed by atoms with Gasteiger partial charge in [-0.15, -0.1) is 0 Å². The topological polar surface area (TPSA) is 17.8 Å². The zero-order chi connectivity index (χ0) is 13.4. The monoisotopic (exact) mass is 250 g/mol. The lowest BCUT2D eigenvalue weighted by Crippen LogP contribution is -2.08. The number of hydrogen-bond acceptors (Lipinski definition) is 1. The minimum absolute atomic E-state index is 0.321. The second-order valence-electron chi connectivity index (χ2n) is 5.04. The van der Waals surface area contributed by atoms with E-state index in [-0.39, 0.29) is 0 Å². The van der Waals surface area contributed by atoms with Crippen LogP contribution in [0.15, 0.2) is 48.7 Å². The van der Waals surface area contributed by atoms with Crippen LogP contribution < -0.4 is 0 Å². The van der Waals surface area contributed by atoms with Crippen molar-refractivity contribution in [3.63, 3.8) is 0 Å². The van der Waals surface area contributed by atoms with E-state index in [1.54, 1.807) is 0 Å². The zero-order valence-electron chi connectivity index (χ0n) is 11.6. The van der Waals surface area contributed by atoms with Crippen LogP contribution in [-0.2, 0) is 0 Å². The summed E-state index contributed by atoms with van der Waals surface area (Å²) in [4.78, 5) is 4.52. The fourth-order valence-electron chi connectivity index (χ4n) is 2.79. The minimum atomic E-state index is 0.321. The van der Waals surface area contributed by atoms with Crippen molar-refractivity contribution in [2.45, 2.75) is 26.8 Å². The van der Waals surface area contributed by atoms with Crippen LogP contribution in [0.5, 0.6) is 0 Å². The molecule has 3 aromatic rings. The fraction of sp³-hybridized carbons (Fsp3) is 0.235. The Hall–Kier alpha value is -2.09. The molecule has 2 nitrogen and oxygen atoms in total. The number of rotatable bonds is 2. The summed E-state index contributed by atoms with van der Waals surface area (Å²) >= 11 is 0. The van der Waals surface area contributed by atoms with Crippen molar-refractivity contribution in [3.05, 3.63) is 65.5 Å². The maximum Gasteiger partial charge on any atom is 0.0913 e. The predicted molar refractivity (Wildman–Crippen MR) is 79.5 cm³/mol. The Balaban J connectivity index is 2.23. The van der Waals surface area contributed by atoms with E-state index >= 15 is 0 Å². The van der Waals surface area contributed by atoms with Crippen LogP contribution in [-0.4, -0.2) is 9.55 Å². The van der Waals surface area contributed by atoms with E-state index in [4.69, 9.17) is 0 Å². The smallest absolute Gasteiger partial charge is 0.0913 e. The first kappa shape index (κ1) is 12.0. The SMILES string of the molecule is Cc1c(C)n(C(C)c2ccccc2)c2cccnc12. The lowest BCUT2D eigenvalue weighted by atomic mass is 10.1. The van der Waals surface area contributed by atoms with Crippen LogP contribution in [0.3, 0.4) is 0 Å². The first-order valence-corrected chi connectivity index (χ1v) is 6.67. The van der Waals surface area contributed by atoms with Crippen molar-refractivity contribution in [2.75, 3.05) is 0 Å². The van der Waals surface area contributed by atoms with Crippen LogP contribution in [0, 0.1) is 13.8 Å². The van der Waals surface area contributed by atoms with Gasteiger partial charge >= 0.3 is 0 Å². The Labute approximate surface area is 113 Å². The maximum atomic E-state index is 4.52. The highest BCUT2D eigenvalue weighted by Crippen LogP contribution is 2.29. The average molecular weight is 250 g/mol. The molecule has 0 spiro atoms. The van der Waals surface area contributed by atoms with Gasteiger partial charge in [-0.2, -0.15) is 0 Å². The molecule has 0 aliphatic carbocycles. The van der Waals surface area contributed by atoms with Gasteiger partial charge in [-0.3, -0.25) is 4.98 Å². The predicted octanol–water partition coefficient (Wildman–Crippen LogP) is 4.26. The summed E-state index contributed by atoms with van der Waals surface area (Å²) in [6.07, 6.45) is 1.87. The molecule has 0 saturated heterocycles. The van der Waals surface area contributed by atoms with Crippen molar-refractivity contribution >= 4 is 11.0 Å². The number of fused-ring (bicyclic) bond motifs is 1. The number of aromatic nitrogens is 2. The molecule has 0 amide bonds. The summed E-state index contributed by atoms with van der Waals surface area (Å²) in [6, 6.07) is 15.1. The molecule has 0 aliphatic heterocycles. The molecule has 96 valence electrons. The standard InChI is InChI=1S/C17H18N2/c1-12-13(2)19(16-10-7-11-18-17(12)16)14(3)15-8-5-4-6-9-15/h4-11,14H,1-3H3. The van der Waals surface area contributed by atoms with Gasteiger partial charge in [-0.25, -0.2) is 0 Å². The first-order chi connectivity index (χ1) is 9.20. The third-order valence-corrected chi connectivity index (χ3v) is 3.97. The molecule has 0 aliphatic rings. The molecule has 2 heteroatoms. The van der Waals surface area contributed by atoms with Gasteiger partial charge in [-0.1, -0.05) is 30.3 Å². The molecular formula is C17H18N2. The Morgan fingerprint density at radius 2 is 1.74 bits per heavy atom. The number of aryl methyl sites for hydroxylation is 1. The van der Waals surface area contributed by atoms with E-state index in [2.05, 4.69) is 66.7 Å². The number of nitrogens with zero attached hydrogens (tertiary/aromatic N) is 2. The molecule has 2 aromatic heterocycles. The molecule has 0 bridgehead atoms. The second kappa shape index (κ2) is 4.54. The molecule has 3 rings (SSSR count). The summed E-state index contributed by atoms with van der Waals surface area (Å²) in [7, 11) is 0. The van der Waals surface area contributed by atoms with E-state index in [0.29, 0.717) is 6.04 Å². The van der Waals surface area contributed by atoms with Crippen LogP contribution in [0.1, 0.15) is 29.8 Å². The molecule has 0 fully saturated rings. The highest BCUT2D eigenvalue weighted by molar-refractivity contribution is 5.81. The van der Waals surface area contributed by atoms with Gasteiger partial charge in [0.05, 0.1) is 17.1 Å². The fourth-order valence-corrected chi connectivity index (χ4v) is 2.79. The summed E-state index contributed by atoms with van der Waals surface area (Å²) in [6.45, 7) is 6.57. The van der Waals surface area contributed by atoms with Crippen LogP contribution in [0.2, 0.25) is 0 Å². The second-order valence-corrected chi connectivity index (χ2v) is 5.04. The summed E-state index contributed by atoms with van der Waals surface area (Å²) in [5, 5.41) is 0. The first-order valence-electron chi connectivity index (χ1n) is 6.67. The zero-order valence-corrected chi connectivity index (χ0v) is 11.6. The van der Waals surface area contributed by atoms with Gasteiger partial charge in [-0.05, 0) is 44.0 Å². The third-order valence-electron chi connectivity index (χ3n) is 3.97. The Morgan fingerprint density at radius 1 is 1.00 bits per heavy atom. The van der Waals surface area contributed by atoms with Gasteiger partial charge in [0.1, 0.15) is 0 Å². The quantitative estimate of drug-likeness (QED) is 0.664. The molecule has 0 N–H and O–H groups in total. The number of hydrogen-bond donors (Lipinski definition) is 0. The van der Waals surface area contributed by atoms with Crippen molar-refractivity contribution in [1.82, 2.24) is 9.55 Å². The molecule has 0 saturated carbocycles. The van der Waals surface area contributed by atoms with Crippen LogP contribution >= 0.6 is 0 Å². The molecule has 1 unspecified atom stereocenters. The van der Waals surface area contributed by atoms with Crippen LogP contribution in [0.4, 0.5) is 0 Å². The van der Waals surface area contributed by atoms with E-state index in [1.807, 2.05) is 12.3 Å². The largest absolute Gasteiger partial charge is 0.336 e. The molecule has 19 heavy (non-hydrogen) atoms. The van der Waals surface area contributed by atoms with Crippen molar-refractivity contribution < 1.29 is 0 Å². The highest BCUT2D eigenvalue weighted by Gasteiger charge is 2.16. The summed E-state index contributed by atoms with van der Waals surface area (Å²) in [5.41, 5.74) is 6.23. The Bertz CT molecular complexity index is 711. The van der Waals surface area contributed by atoms with Gasteiger partial charge in [0.2, 0.25) is 0 Å². The van der Waals surface area contributed by atoms with Crippen molar-refractivity contribution in [3.8, 4) is 0 Å². The molecule has 2 heterocycles. The third kappa shape index (κ3) is 1.84. The van der Waals surface area contributed by atoms with E-state index in [1.165, 1.54) is 22.3 Å². The van der Waals surface area contributed by atoms with E-state index < -0.39 is 0 Å². The normalized spacial score (nSPS) is 12.8. The average Bonchev–Trinajstić information content (AvgIpc) is 2.72. The molecule has 0 radical (unpaired) electrons. The van der Waals surface area contributed by atoms with Gasteiger partial charge in [0.25, 0.3) is 0 Å². The van der Waals surface area contributed by atoms with E-state index in [0.717, 1.165) is 5.52 Å². The summed E-state index contributed by atoms with van der Waals surface area (Å²) in [5.74, 6) is 0. The Morgan fingerprint density at radius 3 is 2.47 bits per heavy atom. The lowest BCUT2D eigenvalue weighted by molar-refractivity contribution is 0.645. The van der Waals surface area contributed by atoms with Crippen LogP contribution in [0.25, 0.3) is 11.0 Å². The number of benzene rings is 1. The number of pyridine rings is 1. The lowest BCUT2D eigenvalue weighted by Gasteiger charge is -2.18. The minimum Gasteiger partial charge on any atom is -0.336 e. The van der Waals surface area contributed by atoms with Gasteiger partial charge in [0, 0.05) is 11.9 Å². The highest BCUT2D eigenvalue weighted by atomic mass is 15.0. The van der Waals surface area contributed by atoms with E-state index in [9.17, 15) is 0 Å². The van der Waals surface area contributed by atoms with Crippen molar-refractivity contribution in [1.29, 1.82) is 0 Å².